The maximum atomic E-state index is 5.88. The minimum absolute atomic E-state index is 0.672. The second kappa shape index (κ2) is 8.93. The van der Waals surface area contributed by atoms with E-state index in [1.807, 2.05) is 30.3 Å². The Labute approximate surface area is 156 Å². The average Bonchev–Trinajstić information content (AvgIpc) is 2.67. The van der Waals surface area contributed by atoms with Gasteiger partial charge in [-0.15, -0.1) is 0 Å². The zero-order valence-electron chi connectivity index (χ0n) is 14.8. The largest absolute Gasteiger partial charge is 0.0843 e. The van der Waals surface area contributed by atoms with Gasteiger partial charge in [-0.25, -0.2) is 0 Å². The molecule has 1 aliphatic rings. The highest BCUT2D eigenvalue weighted by atomic mass is 35.5. The normalized spacial score (nSPS) is 20.2. The summed E-state index contributed by atoms with van der Waals surface area (Å²) < 4.78 is 0. The first kappa shape index (κ1) is 17.8. The van der Waals surface area contributed by atoms with Crippen molar-refractivity contribution in [2.45, 2.75) is 44.9 Å². The molecule has 1 heteroatoms. The molecule has 0 saturated heterocycles. The second-order valence-corrected chi connectivity index (χ2v) is 7.28. The number of halogens is 1. The van der Waals surface area contributed by atoms with Crippen LogP contribution in [0.5, 0.6) is 0 Å². The highest BCUT2D eigenvalue weighted by Gasteiger charge is 2.20. The Balaban J connectivity index is 1.49. The molecule has 0 unspecified atom stereocenters. The van der Waals surface area contributed by atoms with Gasteiger partial charge in [0.2, 0.25) is 0 Å². The molecule has 1 fully saturated rings. The molecule has 0 spiro atoms. The highest BCUT2D eigenvalue weighted by Crippen LogP contribution is 2.36. The lowest BCUT2D eigenvalue weighted by Gasteiger charge is -2.27. The van der Waals surface area contributed by atoms with Gasteiger partial charge in [-0.2, -0.15) is 0 Å². The molecule has 2 aromatic carbocycles. The third-order valence-electron chi connectivity index (χ3n) is 5.14. The van der Waals surface area contributed by atoms with Gasteiger partial charge in [-0.05, 0) is 85.4 Å². The van der Waals surface area contributed by atoms with Gasteiger partial charge >= 0.3 is 0 Å². The van der Waals surface area contributed by atoms with Crippen molar-refractivity contribution in [2.75, 3.05) is 0 Å². The first-order valence-electron chi connectivity index (χ1n) is 9.27. The van der Waals surface area contributed by atoms with Crippen molar-refractivity contribution in [2.24, 2.45) is 5.92 Å². The summed E-state index contributed by atoms with van der Waals surface area (Å²) in [5.74, 6) is 7.72. The number of benzene rings is 2. The van der Waals surface area contributed by atoms with E-state index in [-0.39, 0.29) is 0 Å². The molecule has 0 amide bonds. The third-order valence-corrected chi connectivity index (χ3v) is 5.40. The van der Waals surface area contributed by atoms with Gasteiger partial charge < -0.3 is 0 Å². The topological polar surface area (TPSA) is 0 Å². The average molecular weight is 349 g/mol. The maximum absolute atomic E-state index is 5.88. The molecule has 128 valence electrons. The van der Waals surface area contributed by atoms with E-state index in [2.05, 4.69) is 49.1 Å². The molecular weight excluding hydrogens is 324 g/mol. The van der Waals surface area contributed by atoms with Gasteiger partial charge in [-0.3, -0.25) is 0 Å². The van der Waals surface area contributed by atoms with E-state index in [0.717, 1.165) is 22.9 Å². The Bertz CT molecular complexity index is 748. The minimum atomic E-state index is 0.672. The molecule has 0 aliphatic heterocycles. The summed E-state index contributed by atoms with van der Waals surface area (Å²) in [5.41, 5.74) is 3.95. The van der Waals surface area contributed by atoms with Crippen LogP contribution in [0.3, 0.4) is 0 Å². The van der Waals surface area contributed by atoms with Crippen LogP contribution >= 0.6 is 11.6 Å². The molecule has 0 radical (unpaired) electrons. The molecule has 0 aromatic heterocycles. The second-order valence-electron chi connectivity index (χ2n) is 6.84. The van der Waals surface area contributed by atoms with Gasteiger partial charge in [0.25, 0.3) is 0 Å². The molecule has 0 nitrogen and oxygen atoms in total. The number of hydrogen-bond acceptors (Lipinski definition) is 0. The van der Waals surface area contributed by atoms with Crippen LogP contribution in [0.25, 0.3) is 0 Å². The number of allylic oxidation sites excluding steroid dienone is 2. The number of aryl methyl sites for hydroxylation is 1. The van der Waals surface area contributed by atoms with E-state index in [1.54, 1.807) is 0 Å². The zero-order chi connectivity index (χ0) is 17.5. The van der Waals surface area contributed by atoms with Crippen LogP contribution < -0.4 is 0 Å². The lowest BCUT2D eigenvalue weighted by atomic mass is 9.78. The van der Waals surface area contributed by atoms with Crippen molar-refractivity contribution < 1.29 is 0 Å². The fourth-order valence-corrected chi connectivity index (χ4v) is 3.64. The Kier molecular flexibility index (Phi) is 6.37. The predicted octanol–water partition coefficient (Wildman–Crippen LogP) is 6.78. The van der Waals surface area contributed by atoms with Crippen LogP contribution in [0.2, 0.25) is 5.02 Å². The molecule has 25 heavy (non-hydrogen) atoms. The maximum Gasteiger partial charge on any atom is 0.0406 e. The van der Waals surface area contributed by atoms with E-state index >= 15 is 0 Å². The van der Waals surface area contributed by atoms with Gasteiger partial charge in [0, 0.05) is 10.6 Å². The highest BCUT2D eigenvalue weighted by molar-refractivity contribution is 6.30. The van der Waals surface area contributed by atoms with Crippen LogP contribution in [-0.2, 0) is 6.42 Å². The van der Waals surface area contributed by atoms with Crippen molar-refractivity contribution in [3.63, 3.8) is 0 Å². The van der Waals surface area contributed by atoms with Crippen molar-refractivity contribution in [1.82, 2.24) is 0 Å². The predicted molar refractivity (Wildman–Crippen MR) is 108 cm³/mol. The lowest BCUT2D eigenvalue weighted by molar-refractivity contribution is 0.376. The van der Waals surface area contributed by atoms with Crippen molar-refractivity contribution in [3.05, 3.63) is 82.4 Å². The van der Waals surface area contributed by atoms with Crippen molar-refractivity contribution in [1.29, 1.82) is 0 Å². The Morgan fingerprint density at radius 2 is 1.64 bits per heavy atom. The lowest BCUT2D eigenvalue weighted by Crippen LogP contribution is -2.11. The van der Waals surface area contributed by atoms with E-state index in [4.69, 9.17) is 11.6 Å². The molecular formula is C24H25Cl. The van der Waals surface area contributed by atoms with Crippen LogP contribution in [0.1, 0.15) is 55.2 Å². The molecule has 0 N–H and O–H groups in total. The number of rotatable bonds is 3. The fourth-order valence-electron chi connectivity index (χ4n) is 3.51. The van der Waals surface area contributed by atoms with E-state index in [0.29, 0.717) is 5.92 Å². The Morgan fingerprint density at radius 3 is 2.28 bits per heavy atom. The first-order valence-corrected chi connectivity index (χ1v) is 9.65. The van der Waals surface area contributed by atoms with E-state index < -0.39 is 0 Å². The first-order chi connectivity index (χ1) is 12.2. The molecule has 1 aliphatic carbocycles. The SMILES string of the molecule is CCc1ccc(C2CCC(C=CC#Cc3ccc(Cl)cc3)CC2)cc1. The van der Waals surface area contributed by atoms with E-state index in [1.165, 1.54) is 36.8 Å². The van der Waals surface area contributed by atoms with Crippen LogP contribution in [-0.4, -0.2) is 0 Å². The zero-order valence-corrected chi connectivity index (χ0v) is 15.6. The summed E-state index contributed by atoms with van der Waals surface area (Å²) in [7, 11) is 0. The van der Waals surface area contributed by atoms with Gasteiger partial charge in [-0.1, -0.05) is 60.7 Å². The molecule has 3 rings (SSSR count). The number of hydrogen-bond donors (Lipinski definition) is 0. The van der Waals surface area contributed by atoms with Crippen molar-refractivity contribution in [3.8, 4) is 11.8 Å². The summed E-state index contributed by atoms with van der Waals surface area (Å²) in [4.78, 5) is 0. The van der Waals surface area contributed by atoms with Crippen LogP contribution in [0, 0.1) is 17.8 Å². The summed E-state index contributed by atoms with van der Waals surface area (Å²) in [5, 5.41) is 0.752. The fraction of sp³-hybridized carbons (Fsp3) is 0.333. The standard InChI is InChI=1S/C24H25Cl/c1-2-19-7-13-22(14-8-19)23-15-9-20(10-16-23)5-3-4-6-21-11-17-24(25)18-12-21/h3,5,7-8,11-14,17-18,20,23H,2,9-10,15-16H2,1H3. The van der Waals surface area contributed by atoms with Crippen molar-refractivity contribution >= 4 is 11.6 Å². The summed E-state index contributed by atoms with van der Waals surface area (Å²) in [6.07, 6.45) is 10.5. The third kappa shape index (κ3) is 5.25. The molecule has 0 atom stereocenters. The summed E-state index contributed by atoms with van der Waals surface area (Å²) >= 11 is 5.88. The molecule has 0 heterocycles. The quantitative estimate of drug-likeness (QED) is 0.536. The summed E-state index contributed by atoms with van der Waals surface area (Å²) in [6, 6.07) is 16.9. The van der Waals surface area contributed by atoms with Crippen LogP contribution in [0.15, 0.2) is 60.7 Å². The monoisotopic (exact) mass is 348 g/mol. The Hall–Kier alpha value is -1.97. The molecule has 2 aromatic rings. The Morgan fingerprint density at radius 1 is 0.960 bits per heavy atom. The molecule has 0 bridgehead atoms. The minimum Gasteiger partial charge on any atom is -0.0843 e. The summed E-state index contributed by atoms with van der Waals surface area (Å²) in [6.45, 7) is 2.21. The van der Waals surface area contributed by atoms with E-state index in [9.17, 15) is 0 Å². The van der Waals surface area contributed by atoms with Gasteiger partial charge in [0.1, 0.15) is 0 Å². The van der Waals surface area contributed by atoms with Crippen LogP contribution in [0.4, 0.5) is 0 Å². The van der Waals surface area contributed by atoms with Gasteiger partial charge in [0.05, 0.1) is 0 Å². The van der Waals surface area contributed by atoms with Gasteiger partial charge in [0.15, 0.2) is 0 Å². The smallest absolute Gasteiger partial charge is 0.0406 e. The molecule has 1 saturated carbocycles.